The Morgan fingerprint density at radius 1 is 1.06 bits per heavy atom. The van der Waals surface area contributed by atoms with E-state index in [4.69, 9.17) is 17.3 Å². The SMILES string of the molecule is CC(C)(C)c1cc(NC(=O)Nc2ccc(Nc3ccnc4cc(O)c(C(N)=O)cc34)cc2Cl)[nH]n1. The topological polar surface area (TPSA) is 158 Å². The minimum absolute atomic E-state index is 0.0102. The summed E-state index contributed by atoms with van der Waals surface area (Å²) in [7, 11) is 0. The molecule has 0 fully saturated rings. The summed E-state index contributed by atoms with van der Waals surface area (Å²) in [5.74, 6) is -0.523. The number of aromatic amines is 1. The Kier molecular flexibility index (Phi) is 6.23. The predicted octanol–water partition coefficient (Wildman–Crippen LogP) is 5.10. The number of benzene rings is 2. The van der Waals surface area contributed by atoms with Crippen LogP contribution >= 0.6 is 11.6 Å². The van der Waals surface area contributed by atoms with E-state index in [2.05, 4.69) is 31.1 Å². The molecule has 2 heterocycles. The first-order valence-corrected chi connectivity index (χ1v) is 11.0. The number of hydrogen-bond acceptors (Lipinski definition) is 6. The molecule has 3 amide bonds. The molecule has 35 heavy (non-hydrogen) atoms. The molecule has 0 atom stereocenters. The summed E-state index contributed by atoms with van der Waals surface area (Å²) in [5.41, 5.74) is 8.15. The third kappa shape index (κ3) is 5.28. The summed E-state index contributed by atoms with van der Waals surface area (Å²) in [6, 6.07) is 10.9. The van der Waals surface area contributed by atoms with Crippen molar-refractivity contribution in [2.45, 2.75) is 26.2 Å². The van der Waals surface area contributed by atoms with Crippen LogP contribution in [0, 0.1) is 0 Å². The van der Waals surface area contributed by atoms with Crippen molar-refractivity contribution < 1.29 is 14.7 Å². The number of nitrogens with zero attached hydrogens (tertiary/aromatic N) is 2. The van der Waals surface area contributed by atoms with Gasteiger partial charge in [-0.05, 0) is 30.3 Å². The highest BCUT2D eigenvalue weighted by molar-refractivity contribution is 6.34. The largest absolute Gasteiger partial charge is 0.507 e. The molecule has 180 valence electrons. The molecule has 0 radical (unpaired) electrons. The molecule has 0 spiro atoms. The van der Waals surface area contributed by atoms with Crippen LogP contribution < -0.4 is 21.7 Å². The van der Waals surface area contributed by atoms with Gasteiger partial charge in [-0.3, -0.25) is 20.2 Å². The summed E-state index contributed by atoms with van der Waals surface area (Å²) < 4.78 is 0. The first-order chi connectivity index (χ1) is 16.5. The van der Waals surface area contributed by atoms with Gasteiger partial charge in [-0.25, -0.2) is 4.79 Å². The highest BCUT2D eigenvalue weighted by Gasteiger charge is 2.18. The molecule has 0 saturated heterocycles. The lowest BCUT2D eigenvalue weighted by molar-refractivity contribution is 0.0998. The molecule has 2 aromatic carbocycles. The van der Waals surface area contributed by atoms with Gasteiger partial charge in [0, 0.05) is 40.5 Å². The van der Waals surface area contributed by atoms with Gasteiger partial charge in [0.05, 0.1) is 27.5 Å². The number of carbonyl (C=O) groups is 2. The Bertz CT molecular complexity index is 1440. The number of rotatable bonds is 5. The number of fused-ring (bicyclic) bond motifs is 1. The molecule has 11 heteroatoms. The molecule has 0 unspecified atom stereocenters. The van der Waals surface area contributed by atoms with Crippen LogP contribution in [0.3, 0.4) is 0 Å². The van der Waals surface area contributed by atoms with Crippen molar-refractivity contribution >= 4 is 57.3 Å². The zero-order chi connectivity index (χ0) is 25.3. The highest BCUT2D eigenvalue weighted by atomic mass is 35.5. The van der Waals surface area contributed by atoms with Crippen molar-refractivity contribution in [3.8, 4) is 5.75 Å². The normalized spacial score (nSPS) is 11.3. The maximum Gasteiger partial charge on any atom is 0.324 e. The molecule has 4 rings (SSSR count). The number of hydrogen-bond donors (Lipinski definition) is 6. The number of primary amides is 1. The smallest absolute Gasteiger partial charge is 0.324 e. The van der Waals surface area contributed by atoms with Gasteiger partial charge in [-0.1, -0.05) is 32.4 Å². The van der Waals surface area contributed by atoms with Crippen molar-refractivity contribution in [1.82, 2.24) is 15.2 Å². The number of halogens is 1. The molecule has 0 bridgehead atoms. The summed E-state index contributed by atoms with van der Waals surface area (Å²) in [6.45, 7) is 6.08. The fourth-order valence-corrected chi connectivity index (χ4v) is 3.61. The monoisotopic (exact) mass is 493 g/mol. The van der Waals surface area contributed by atoms with Crippen molar-refractivity contribution in [3.05, 3.63) is 64.9 Å². The van der Waals surface area contributed by atoms with E-state index >= 15 is 0 Å². The van der Waals surface area contributed by atoms with Crippen LogP contribution in [-0.4, -0.2) is 32.2 Å². The Balaban J connectivity index is 1.50. The fourth-order valence-electron chi connectivity index (χ4n) is 3.38. The van der Waals surface area contributed by atoms with Gasteiger partial charge >= 0.3 is 6.03 Å². The zero-order valence-electron chi connectivity index (χ0n) is 19.2. The molecule has 0 aliphatic carbocycles. The van der Waals surface area contributed by atoms with E-state index in [1.165, 1.54) is 12.1 Å². The molecular formula is C24H24ClN7O3. The Morgan fingerprint density at radius 2 is 1.83 bits per heavy atom. The maximum absolute atomic E-state index is 12.4. The predicted molar refractivity (Wildman–Crippen MR) is 137 cm³/mol. The molecule has 0 aliphatic heterocycles. The Labute approximate surface area is 205 Å². The first kappa shape index (κ1) is 23.8. The first-order valence-electron chi connectivity index (χ1n) is 10.6. The molecular weight excluding hydrogens is 470 g/mol. The third-order valence-electron chi connectivity index (χ3n) is 5.22. The number of anilines is 4. The van der Waals surface area contributed by atoms with Crippen LogP contribution in [0.15, 0.2) is 48.7 Å². The minimum atomic E-state index is -0.749. The second-order valence-corrected chi connectivity index (χ2v) is 9.33. The van der Waals surface area contributed by atoms with E-state index in [1.807, 2.05) is 20.8 Å². The number of nitrogens with one attached hydrogen (secondary N) is 4. The van der Waals surface area contributed by atoms with Gasteiger partial charge in [-0.2, -0.15) is 5.10 Å². The van der Waals surface area contributed by atoms with Crippen LogP contribution in [0.2, 0.25) is 5.02 Å². The van der Waals surface area contributed by atoms with Gasteiger partial charge in [0.2, 0.25) is 0 Å². The molecule has 0 saturated carbocycles. The highest BCUT2D eigenvalue weighted by Crippen LogP contribution is 2.32. The number of aromatic nitrogens is 3. The van der Waals surface area contributed by atoms with Crippen molar-refractivity contribution in [1.29, 1.82) is 0 Å². The minimum Gasteiger partial charge on any atom is -0.507 e. The molecule has 10 nitrogen and oxygen atoms in total. The number of amides is 3. The lowest BCUT2D eigenvalue weighted by Crippen LogP contribution is -2.20. The zero-order valence-corrected chi connectivity index (χ0v) is 20.0. The van der Waals surface area contributed by atoms with Crippen molar-refractivity contribution in [2.75, 3.05) is 16.0 Å². The van der Waals surface area contributed by atoms with Crippen molar-refractivity contribution in [3.63, 3.8) is 0 Å². The average molecular weight is 494 g/mol. The maximum atomic E-state index is 12.4. The van der Waals surface area contributed by atoms with Gasteiger partial charge in [0.25, 0.3) is 5.91 Å². The van der Waals surface area contributed by atoms with Crippen LogP contribution in [0.4, 0.5) is 27.7 Å². The number of phenols is 1. The van der Waals surface area contributed by atoms with E-state index in [1.54, 1.807) is 36.5 Å². The summed E-state index contributed by atoms with van der Waals surface area (Å²) in [4.78, 5) is 28.3. The Hall–Kier alpha value is -4.31. The number of nitrogens with two attached hydrogens (primary N) is 1. The third-order valence-corrected chi connectivity index (χ3v) is 5.53. The second-order valence-electron chi connectivity index (χ2n) is 8.92. The summed E-state index contributed by atoms with van der Waals surface area (Å²) in [5, 5.41) is 26.5. The van der Waals surface area contributed by atoms with E-state index in [-0.39, 0.29) is 16.7 Å². The Morgan fingerprint density at radius 3 is 2.49 bits per heavy atom. The number of carbonyl (C=O) groups excluding carboxylic acids is 2. The number of urea groups is 1. The van der Waals surface area contributed by atoms with Gasteiger partial charge in [0.1, 0.15) is 11.6 Å². The quantitative estimate of drug-likeness (QED) is 0.227. The van der Waals surface area contributed by atoms with E-state index in [0.717, 1.165) is 5.69 Å². The summed E-state index contributed by atoms with van der Waals surface area (Å²) >= 11 is 6.40. The second kappa shape index (κ2) is 9.15. The van der Waals surface area contributed by atoms with E-state index in [9.17, 15) is 14.7 Å². The molecule has 2 aromatic heterocycles. The lowest BCUT2D eigenvalue weighted by atomic mass is 9.92. The van der Waals surface area contributed by atoms with Gasteiger partial charge in [0.15, 0.2) is 0 Å². The van der Waals surface area contributed by atoms with E-state index < -0.39 is 11.9 Å². The average Bonchev–Trinajstić information content (AvgIpc) is 3.24. The molecule has 4 aromatic rings. The summed E-state index contributed by atoms with van der Waals surface area (Å²) in [6.07, 6.45) is 1.57. The standard InChI is InChI=1S/C24H24ClN7O3/c1-24(2,3)20-11-21(32-31-20)30-23(35)29-17-5-4-12(8-15(17)25)28-16-6-7-27-18-10-19(33)14(22(26)34)9-13(16)18/h4-11,33H,1-3H3,(H2,26,34)(H,27,28)(H3,29,30,31,32,35). The van der Waals surface area contributed by atoms with Gasteiger partial charge in [-0.15, -0.1) is 0 Å². The van der Waals surface area contributed by atoms with Crippen LogP contribution in [0.25, 0.3) is 10.9 Å². The van der Waals surface area contributed by atoms with Crippen LogP contribution in [0.5, 0.6) is 5.75 Å². The molecule has 7 N–H and O–H groups in total. The van der Waals surface area contributed by atoms with Gasteiger partial charge < -0.3 is 21.5 Å². The fraction of sp³-hybridized carbons (Fsp3) is 0.167. The van der Waals surface area contributed by atoms with E-state index in [0.29, 0.717) is 38.8 Å². The van der Waals surface area contributed by atoms with Crippen LogP contribution in [0.1, 0.15) is 36.8 Å². The van der Waals surface area contributed by atoms with Crippen molar-refractivity contribution in [2.24, 2.45) is 5.73 Å². The number of aromatic hydroxyl groups is 1. The number of H-pyrrole nitrogens is 1. The lowest BCUT2D eigenvalue weighted by Gasteiger charge is -2.14. The molecule has 0 aliphatic rings. The number of pyridine rings is 1. The van der Waals surface area contributed by atoms with Crippen LogP contribution in [-0.2, 0) is 5.41 Å².